The van der Waals surface area contributed by atoms with Crippen LogP contribution in [0.5, 0.6) is 0 Å². The van der Waals surface area contributed by atoms with E-state index in [2.05, 4.69) is 4.98 Å². The second kappa shape index (κ2) is 8.69. The maximum atomic E-state index is 14.0. The van der Waals surface area contributed by atoms with Gasteiger partial charge in [0.1, 0.15) is 10.7 Å². The minimum atomic E-state index is -3.57. The first-order valence-corrected chi connectivity index (χ1v) is 11.6. The summed E-state index contributed by atoms with van der Waals surface area (Å²) in [6.45, 7) is 2.90. The summed E-state index contributed by atoms with van der Waals surface area (Å²) in [6.07, 6.45) is 3.90. The van der Waals surface area contributed by atoms with Crippen molar-refractivity contribution in [3.63, 3.8) is 0 Å². The highest BCUT2D eigenvalue weighted by molar-refractivity contribution is 7.89. The van der Waals surface area contributed by atoms with Crippen molar-refractivity contribution in [2.75, 3.05) is 44.2 Å². The van der Waals surface area contributed by atoms with Crippen LogP contribution in [0.3, 0.4) is 0 Å². The molecule has 9 heteroatoms. The van der Waals surface area contributed by atoms with Crippen molar-refractivity contribution in [2.24, 2.45) is 5.92 Å². The maximum Gasteiger partial charge on any atom is 0.244 e. The third-order valence-corrected chi connectivity index (χ3v) is 7.74. The van der Waals surface area contributed by atoms with Crippen molar-refractivity contribution < 1.29 is 17.6 Å². The number of hydrogen-bond acceptors (Lipinski definition) is 5. The fourth-order valence-corrected chi connectivity index (χ4v) is 5.56. The first-order chi connectivity index (χ1) is 14.5. The van der Waals surface area contributed by atoms with Gasteiger partial charge in [-0.15, -0.1) is 0 Å². The largest absolute Gasteiger partial charge is 0.366 e. The Bertz CT molecular complexity index is 986. The van der Waals surface area contributed by atoms with Crippen molar-refractivity contribution >= 4 is 21.6 Å². The Kier molecular flexibility index (Phi) is 6.01. The number of aromatic nitrogens is 1. The molecule has 2 aliphatic rings. The van der Waals surface area contributed by atoms with Crippen LogP contribution in [0.15, 0.2) is 53.7 Å². The molecule has 4 rings (SSSR count). The number of piperidine rings is 1. The number of anilines is 1. The van der Waals surface area contributed by atoms with Crippen LogP contribution in [0.4, 0.5) is 10.1 Å². The average molecular weight is 433 g/mol. The molecule has 160 valence electrons. The van der Waals surface area contributed by atoms with Crippen molar-refractivity contribution in [1.82, 2.24) is 14.2 Å². The van der Waals surface area contributed by atoms with Crippen LogP contribution < -0.4 is 4.90 Å². The van der Waals surface area contributed by atoms with Crippen LogP contribution >= 0.6 is 0 Å². The van der Waals surface area contributed by atoms with Gasteiger partial charge in [-0.05, 0) is 37.1 Å². The number of pyridine rings is 1. The third-order valence-electron chi connectivity index (χ3n) is 5.86. The van der Waals surface area contributed by atoms with E-state index in [1.807, 2.05) is 15.9 Å². The first-order valence-electron chi connectivity index (χ1n) is 10.2. The van der Waals surface area contributed by atoms with Gasteiger partial charge in [-0.3, -0.25) is 9.78 Å². The SMILES string of the molecule is O=C(C1CCN(S(=O)(=O)c2cccnc2)CC1)N1CCN(c2ccccc2F)CC1. The van der Waals surface area contributed by atoms with Crippen LogP contribution in [0.1, 0.15) is 12.8 Å². The number of carbonyl (C=O) groups excluding carboxylic acids is 1. The normalized spacial score (nSPS) is 19.1. The summed E-state index contributed by atoms with van der Waals surface area (Å²) < 4.78 is 40.9. The average Bonchev–Trinajstić information content (AvgIpc) is 2.80. The van der Waals surface area contributed by atoms with Crippen molar-refractivity contribution in [1.29, 1.82) is 0 Å². The molecule has 0 saturated carbocycles. The summed E-state index contributed by atoms with van der Waals surface area (Å²) >= 11 is 0. The lowest BCUT2D eigenvalue weighted by molar-refractivity contribution is -0.137. The molecule has 7 nitrogen and oxygen atoms in total. The summed E-state index contributed by atoms with van der Waals surface area (Å²) in [5.41, 5.74) is 0.568. The summed E-state index contributed by atoms with van der Waals surface area (Å²) in [4.78, 5) is 20.8. The minimum Gasteiger partial charge on any atom is -0.366 e. The molecule has 0 radical (unpaired) electrons. The van der Waals surface area contributed by atoms with Gasteiger partial charge in [0.2, 0.25) is 15.9 Å². The van der Waals surface area contributed by atoms with Crippen molar-refractivity contribution in [2.45, 2.75) is 17.7 Å². The number of nitrogens with zero attached hydrogens (tertiary/aromatic N) is 4. The van der Waals surface area contributed by atoms with E-state index in [-0.39, 0.29) is 22.5 Å². The predicted molar refractivity (Wildman–Crippen MR) is 111 cm³/mol. The van der Waals surface area contributed by atoms with E-state index in [4.69, 9.17) is 0 Å². The number of rotatable bonds is 4. The number of hydrogen-bond donors (Lipinski definition) is 0. The van der Waals surface area contributed by atoms with Gasteiger partial charge in [-0.25, -0.2) is 12.8 Å². The Balaban J connectivity index is 1.32. The predicted octanol–water partition coefficient (Wildman–Crippen LogP) is 1.97. The lowest BCUT2D eigenvalue weighted by Gasteiger charge is -2.39. The van der Waals surface area contributed by atoms with Gasteiger partial charge in [-0.2, -0.15) is 4.31 Å². The van der Waals surface area contributed by atoms with Gasteiger partial charge in [0.05, 0.1) is 5.69 Å². The minimum absolute atomic E-state index is 0.0709. The Morgan fingerprint density at radius 3 is 2.30 bits per heavy atom. The van der Waals surface area contributed by atoms with E-state index >= 15 is 0 Å². The smallest absolute Gasteiger partial charge is 0.244 e. The highest BCUT2D eigenvalue weighted by Gasteiger charge is 2.34. The molecule has 2 saturated heterocycles. The van der Waals surface area contributed by atoms with Gasteiger partial charge in [0, 0.05) is 57.6 Å². The zero-order valence-corrected chi connectivity index (χ0v) is 17.5. The van der Waals surface area contributed by atoms with Crippen LogP contribution in [0, 0.1) is 11.7 Å². The molecule has 1 amide bonds. The van der Waals surface area contributed by atoms with Gasteiger partial charge in [-0.1, -0.05) is 12.1 Å². The summed E-state index contributed by atoms with van der Waals surface area (Å²) in [7, 11) is -3.57. The van der Waals surface area contributed by atoms with Crippen LogP contribution in [-0.2, 0) is 14.8 Å². The zero-order valence-electron chi connectivity index (χ0n) is 16.7. The first kappa shape index (κ1) is 20.7. The third kappa shape index (κ3) is 4.17. The highest BCUT2D eigenvalue weighted by Crippen LogP contribution is 2.26. The fourth-order valence-electron chi connectivity index (χ4n) is 4.13. The molecule has 0 spiro atoms. The number of carbonyl (C=O) groups is 1. The van der Waals surface area contributed by atoms with Crippen LogP contribution in [0.2, 0.25) is 0 Å². The lowest BCUT2D eigenvalue weighted by Crippen LogP contribution is -2.52. The highest BCUT2D eigenvalue weighted by atomic mass is 32.2. The summed E-state index contributed by atoms with van der Waals surface area (Å²) in [6, 6.07) is 9.81. The number of benzene rings is 1. The molecule has 1 aromatic heterocycles. The van der Waals surface area contributed by atoms with Gasteiger partial charge in [0.25, 0.3) is 0 Å². The maximum absolute atomic E-state index is 14.0. The number of sulfonamides is 1. The van der Waals surface area contributed by atoms with E-state index in [0.29, 0.717) is 57.8 Å². The number of para-hydroxylation sites is 1. The van der Waals surface area contributed by atoms with E-state index in [1.54, 1.807) is 18.2 Å². The van der Waals surface area contributed by atoms with Crippen molar-refractivity contribution in [3.05, 3.63) is 54.6 Å². The quantitative estimate of drug-likeness (QED) is 0.739. The number of halogens is 1. The van der Waals surface area contributed by atoms with Crippen LogP contribution in [0.25, 0.3) is 0 Å². The molecule has 2 aliphatic heterocycles. The van der Waals surface area contributed by atoms with Crippen molar-refractivity contribution in [3.8, 4) is 0 Å². The standard InChI is InChI=1S/C21H25FN4O3S/c22-19-5-1-2-6-20(19)24-12-14-25(15-13-24)21(27)17-7-10-26(11-8-17)30(28,29)18-4-3-9-23-16-18/h1-6,9,16-17H,7-8,10-15H2. The Morgan fingerprint density at radius 2 is 1.67 bits per heavy atom. The second-order valence-electron chi connectivity index (χ2n) is 7.63. The zero-order chi connectivity index (χ0) is 21.1. The molecule has 30 heavy (non-hydrogen) atoms. The number of amides is 1. The summed E-state index contributed by atoms with van der Waals surface area (Å²) in [5, 5.41) is 0. The molecule has 0 aliphatic carbocycles. The molecule has 0 unspecified atom stereocenters. The molecule has 2 fully saturated rings. The monoisotopic (exact) mass is 432 g/mol. The van der Waals surface area contributed by atoms with E-state index in [9.17, 15) is 17.6 Å². The Morgan fingerprint density at radius 1 is 0.967 bits per heavy atom. The van der Waals surface area contributed by atoms with E-state index < -0.39 is 10.0 Å². The molecule has 3 heterocycles. The molecular weight excluding hydrogens is 407 g/mol. The molecule has 1 aromatic carbocycles. The molecule has 0 N–H and O–H groups in total. The van der Waals surface area contributed by atoms with Gasteiger partial charge in [0.15, 0.2) is 0 Å². The Hall–Kier alpha value is -2.52. The lowest BCUT2D eigenvalue weighted by atomic mass is 9.96. The summed E-state index contributed by atoms with van der Waals surface area (Å²) in [5.74, 6) is -0.355. The number of piperazine rings is 1. The molecule has 0 bridgehead atoms. The van der Waals surface area contributed by atoms with Crippen LogP contribution in [-0.4, -0.2) is 67.8 Å². The van der Waals surface area contributed by atoms with Gasteiger partial charge < -0.3 is 9.80 Å². The topological polar surface area (TPSA) is 73.8 Å². The molecular formula is C21H25FN4O3S. The van der Waals surface area contributed by atoms with E-state index in [0.717, 1.165) is 0 Å². The molecule has 2 aromatic rings. The Labute approximate surface area is 176 Å². The molecule has 0 atom stereocenters. The van der Waals surface area contributed by atoms with Gasteiger partial charge >= 0.3 is 0 Å². The van der Waals surface area contributed by atoms with E-state index in [1.165, 1.54) is 28.8 Å². The second-order valence-corrected chi connectivity index (χ2v) is 9.57. The fraction of sp³-hybridized carbons (Fsp3) is 0.429.